The smallest absolute Gasteiger partial charge is 0.435 e. The normalized spacial score (nSPS) is 28.0. The molecule has 0 saturated carbocycles. The number of hydrogen-bond donors (Lipinski definition) is 2. The second-order valence-corrected chi connectivity index (χ2v) is 5.59. The minimum absolute atomic E-state index is 0.194. The van der Waals surface area contributed by atoms with E-state index >= 15 is 0 Å². The van der Waals surface area contributed by atoms with Crippen LogP contribution in [0.15, 0.2) is 4.58 Å². The van der Waals surface area contributed by atoms with E-state index in [0.717, 1.165) is 11.9 Å². The van der Waals surface area contributed by atoms with E-state index in [2.05, 4.69) is 4.58 Å². The van der Waals surface area contributed by atoms with E-state index in [1.165, 1.54) is 0 Å². The average molecular weight is 290 g/mol. The molecule has 2 amide bonds. The molecule has 0 aromatic rings. The fourth-order valence-corrected chi connectivity index (χ4v) is 3.26. The number of carbonyl (C=O) groups excluding carboxylic acids is 1. The number of nitroso groups, excluding NO2 is 1. The highest BCUT2D eigenvalue weighted by atomic mass is 32.2. The summed E-state index contributed by atoms with van der Waals surface area (Å²) in [5.74, 6) is -0.692. The Bertz CT molecular complexity index is 366. The molecule has 0 aliphatic carbocycles. The molecule has 1 fully saturated rings. The lowest BCUT2D eigenvalue weighted by molar-refractivity contribution is -0.794. The maximum atomic E-state index is 12.6. The van der Waals surface area contributed by atoms with Crippen LogP contribution in [0.5, 0.6) is 0 Å². The summed E-state index contributed by atoms with van der Waals surface area (Å²) in [5.41, 5.74) is 5.47. The third-order valence-corrected chi connectivity index (χ3v) is 4.47. The molecule has 1 saturated heterocycles. The Morgan fingerprint density at radius 2 is 2.26 bits per heavy atom. The molecule has 8 heteroatoms. The first-order valence-corrected chi connectivity index (χ1v) is 7.25. The van der Waals surface area contributed by atoms with Gasteiger partial charge in [0, 0.05) is 35.1 Å². The lowest BCUT2D eigenvalue weighted by Crippen LogP contribution is -2.61. The summed E-state index contributed by atoms with van der Waals surface area (Å²) in [6.45, 7) is 2.38. The van der Waals surface area contributed by atoms with Crippen molar-refractivity contribution in [2.75, 3.05) is 18.8 Å². The van der Waals surface area contributed by atoms with Crippen LogP contribution in [0.1, 0.15) is 26.2 Å². The number of nitrogens with two attached hydrogens (primary N) is 1. The molecule has 1 aliphatic rings. The van der Waals surface area contributed by atoms with E-state index in [0.29, 0.717) is 25.8 Å². The zero-order valence-electron chi connectivity index (χ0n) is 10.9. The van der Waals surface area contributed by atoms with Gasteiger partial charge in [0.25, 0.3) is 0 Å². The van der Waals surface area contributed by atoms with Crippen molar-refractivity contribution in [1.82, 2.24) is 0 Å². The van der Waals surface area contributed by atoms with Gasteiger partial charge in [0.1, 0.15) is 6.04 Å². The van der Waals surface area contributed by atoms with Gasteiger partial charge in [-0.3, -0.25) is 0 Å². The molecule has 0 radical (unpaired) electrons. The molecule has 1 rings (SSSR count). The van der Waals surface area contributed by atoms with Crippen LogP contribution in [0, 0.1) is 10.8 Å². The largest absolute Gasteiger partial charge is 0.521 e. The van der Waals surface area contributed by atoms with Crippen LogP contribution in [-0.2, 0) is 4.79 Å². The number of nitrogens with zero attached hydrogens (tertiary/aromatic N) is 2. The Morgan fingerprint density at radius 1 is 1.58 bits per heavy atom. The van der Waals surface area contributed by atoms with Crippen LogP contribution in [0.2, 0.25) is 0 Å². The summed E-state index contributed by atoms with van der Waals surface area (Å²) in [7, 11) is 0. The maximum absolute atomic E-state index is 12.6. The molecule has 0 aromatic heterocycles. The Balaban J connectivity index is 2.96. The summed E-state index contributed by atoms with van der Waals surface area (Å²) in [6.07, 6.45) is 0.697. The molecule has 108 valence electrons. The van der Waals surface area contributed by atoms with E-state index < -0.39 is 16.5 Å². The van der Waals surface area contributed by atoms with Gasteiger partial charge in [0.05, 0.1) is 12.5 Å². The summed E-state index contributed by atoms with van der Waals surface area (Å²) in [4.78, 5) is 34.4. The molecule has 0 spiro atoms. The molecule has 1 aliphatic heterocycles. The number of imide groups is 1. The van der Waals surface area contributed by atoms with Gasteiger partial charge in [-0.25, -0.2) is 4.79 Å². The molecule has 3 atom stereocenters. The highest BCUT2D eigenvalue weighted by Gasteiger charge is 2.54. The lowest BCUT2D eigenvalue weighted by Gasteiger charge is -2.32. The molecule has 1 unspecified atom stereocenters. The highest BCUT2D eigenvalue weighted by molar-refractivity contribution is 7.97. The molecule has 19 heavy (non-hydrogen) atoms. The number of carbonyl (C=O) groups is 2. The molecule has 3 N–H and O–H groups in total. The van der Waals surface area contributed by atoms with Gasteiger partial charge in [-0.05, 0) is 19.9 Å². The van der Waals surface area contributed by atoms with E-state index in [1.54, 1.807) is 6.92 Å². The maximum Gasteiger partial charge on any atom is 0.521 e. The highest BCUT2D eigenvalue weighted by Crippen LogP contribution is 2.31. The first kappa shape index (κ1) is 16.1. The Labute approximate surface area is 116 Å². The number of rotatable bonds is 6. The second kappa shape index (κ2) is 6.97. The quantitative estimate of drug-likeness (QED) is 0.436. The van der Waals surface area contributed by atoms with Gasteiger partial charge in [0.15, 0.2) is 0 Å². The molecule has 7 nitrogen and oxygen atoms in total. The molecule has 0 bridgehead atoms. The Morgan fingerprint density at radius 3 is 2.68 bits per heavy atom. The van der Waals surface area contributed by atoms with E-state index in [1.807, 2.05) is 0 Å². The summed E-state index contributed by atoms with van der Waals surface area (Å²) < 4.78 is 2.13. The van der Waals surface area contributed by atoms with Crippen molar-refractivity contribution in [2.45, 2.75) is 32.2 Å². The monoisotopic (exact) mass is 290 g/mol. The van der Waals surface area contributed by atoms with Gasteiger partial charge in [-0.1, -0.05) is 0 Å². The van der Waals surface area contributed by atoms with Crippen molar-refractivity contribution in [3.63, 3.8) is 0 Å². The third kappa shape index (κ3) is 3.13. The fraction of sp³-hybridized carbons (Fsp3) is 0.818. The van der Waals surface area contributed by atoms with Gasteiger partial charge in [-0.2, -0.15) is 9.28 Å². The number of hydrogen-bond acceptors (Lipinski definition) is 6. The predicted molar refractivity (Wildman–Crippen MR) is 72.3 cm³/mol. The van der Waals surface area contributed by atoms with Crippen LogP contribution in [0.4, 0.5) is 4.79 Å². The fourth-order valence-electron chi connectivity index (χ4n) is 2.71. The standard InChI is InChI=1S/C11H19N3O4S/c1-8-3-2-6-14(8,11(16)17)10(15)9(4-5-12)7-19-13-18/h8-9H,2-7,12H2,1H3/p+1/t8-,9-,14?/m1/s1. The van der Waals surface area contributed by atoms with Gasteiger partial charge in [-0.15, -0.1) is 4.91 Å². The van der Waals surface area contributed by atoms with Crippen molar-refractivity contribution >= 4 is 23.9 Å². The van der Waals surface area contributed by atoms with E-state index in [-0.39, 0.29) is 24.2 Å². The molecular weight excluding hydrogens is 270 g/mol. The first-order valence-electron chi connectivity index (χ1n) is 6.31. The second-order valence-electron chi connectivity index (χ2n) is 4.85. The molecule has 1 heterocycles. The summed E-state index contributed by atoms with van der Waals surface area (Å²) >= 11 is 0.745. The van der Waals surface area contributed by atoms with Crippen LogP contribution in [0.3, 0.4) is 0 Å². The zero-order chi connectivity index (χ0) is 14.5. The van der Waals surface area contributed by atoms with Crippen molar-refractivity contribution < 1.29 is 19.2 Å². The first-order chi connectivity index (χ1) is 9.00. The van der Waals surface area contributed by atoms with Gasteiger partial charge >= 0.3 is 12.0 Å². The summed E-state index contributed by atoms with van der Waals surface area (Å²) in [6, 6.07) is -0.237. The van der Waals surface area contributed by atoms with Crippen LogP contribution >= 0.6 is 11.9 Å². The average Bonchev–Trinajstić information content (AvgIpc) is 2.76. The van der Waals surface area contributed by atoms with Crippen molar-refractivity contribution in [3.05, 3.63) is 4.91 Å². The van der Waals surface area contributed by atoms with Crippen molar-refractivity contribution in [2.24, 2.45) is 16.2 Å². The zero-order valence-corrected chi connectivity index (χ0v) is 11.8. The van der Waals surface area contributed by atoms with Crippen LogP contribution < -0.4 is 5.73 Å². The van der Waals surface area contributed by atoms with Crippen molar-refractivity contribution in [1.29, 1.82) is 0 Å². The third-order valence-electron chi connectivity index (χ3n) is 3.81. The van der Waals surface area contributed by atoms with Gasteiger partial charge < -0.3 is 10.8 Å². The minimum atomic E-state index is -1.11. The Hall–Kier alpha value is -0.990. The van der Waals surface area contributed by atoms with Crippen LogP contribution in [0.25, 0.3) is 0 Å². The number of likely N-dealkylation sites (tertiary alicyclic amines) is 1. The van der Waals surface area contributed by atoms with E-state index in [9.17, 15) is 19.6 Å². The summed E-state index contributed by atoms with van der Waals surface area (Å²) in [5, 5.41) is 9.48. The van der Waals surface area contributed by atoms with Crippen molar-refractivity contribution in [3.8, 4) is 0 Å². The van der Waals surface area contributed by atoms with E-state index in [4.69, 9.17) is 5.73 Å². The lowest BCUT2D eigenvalue weighted by atomic mass is 10.0. The number of carboxylic acid groups (broad SMARTS) is 1. The minimum Gasteiger partial charge on any atom is -0.435 e. The predicted octanol–water partition coefficient (Wildman–Crippen LogP) is 1.57. The SMILES string of the molecule is C[C@@H]1CCC[N+]1(C(=O)O)C(=O)[C@H](CCN)CSN=O. The number of quaternary nitrogens is 1. The topological polar surface area (TPSA) is 110 Å². The number of amides is 2. The van der Waals surface area contributed by atoms with Gasteiger partial charge in [0.2, 0.25) is 0 Å². The molecule has 0 aromatic carbocycles. The Kier molecular flexibility index (Phi) is 5.89. The molecular formula is C11H20N3O4S+. The van der Waals surface area contributed by atoms with Crippen LogP contribution in [-0.4, -0.2) is 46.5 Å².